The molecule has 0 aliphatic carbocycles. The Morgan fingerprint density at radius 2 is 2.23 bits per heavy atom. The lowest BCUT2D eigenvalue weighted by Gasteiger charge is -1.95. The molecular weight excluding hydrogens is 258 g/mol. The summed E-state index contributed by atoms with van der Waals surface area (Å²) in [6, 6.07) is 3.46. The SMILES string of the molecule is Cn1nc2ccc(Br)c(Cl)c2c1F. The van der Waals surface area contributed by atoms with Gasteiger partial charge in [0.15, 0.2) is 0 Å². The maximum Gasteiger partial charge on any atom is 0.220 e. The van der Waals surface area contributed by atoms with Crippen LogP contribution in [0.3, 0.4) is 0 Å². The topological polar surface area (TPSA) is 17.8 Å². The van der Waals surface area contributed by atoms with Gasteiger partial charge in [-0.2, -0.15) is 9.49 Å². The van der Waals surface area contributed by atoms with E-state index >= 15 is 0 Å². The van der Waals surface area contributed by atoms with Crippen molar-refractivity contribution in [2.45, 2.75) is 0 Å². The van der Waals surface area contributed by atoms with E-state index in [-0.39, 0.29) is 0 Å². The Hall–Kier alpha value is -0.610. The van der Waals surface area contributed by atoms with Crippen LogP contribution in [0.15, 0.2) is 16.6 Å². The predicted molar refractivity (Wildman–Crippen MR) is 53.4 cm³/mol. The summed E-state index contributed by atoms with van der Waals surface area (Å²) in [5.74, 6) is -0.415. The number of nitrogens with zero attached hydrogens (tertiary/aromatic N) is 2. The lowest BCUT2D eigenvalue weighted by Crippen LogP contribution is -1.92. The van der Waals surface area contributed by atoms with Gasteiger partial charge in [-0.1, -0.05) is 11.6 Å². The molecule has 2 aromatic rings. The van der Waals surface area contributed by atoms with Crippen molar-refractivity contribution in [3.05, 3.63) is 27.6 Å². The van der Waals surface area contributed by atoms with Crippen LogP contribution in [0.4, 0.5) is 4.39 Å². The first-order valence-corrected chi connectivity index (χ1v) is 4.74. The smallest absolute Gasteiger partial charge is 0.220 e. The third kappa shape index (κ3) is 1.25. The summed E-state index contributed by atoms with van der Waals surface area (Å²) < 4.78 is 15.2. The van der Waals surface area contributed by atoms with Crippen LogP contribution in [0.1, 0.15) is 0 Å². The summed E-state index contributed by atoms with van der Waals surface area (Å²) in [4.78, 5) is 0. The summed E-state index contributed by atoms with van der Waals surface area (Å²) in [6.45, 7) is 0. The van der Waals surface area contributed by atoms with Gasteiger partial charge >= 0.3 is 0 Å². The maximum atomic E-state index is 13.4. The molecule has 1 heterocycles. The van der Waals surface area contributed by atoms with Crippen molar-refractivity contribution in [3.8, 4) is 0 Å². The summed E-state index contributed by atoms with van der Waals surface area (Å²) in [7, 11) is 1.54. The molecule has 5 heteroatoms. The lowest BCUT2D eigenvalue weighted by atomic mass is 10.2. The third-order valence-electron chi connectivity index (χ3n) is 1.82. The maximum absolute atomic E-state index is 13.4. The van der Waals surface area contributed by atoms with E-state index in [1.165, 1.54) is 4.68 Å². The zero-order valence-corrected chi connectivity index (χ0v) is 9.02. The van der Waals surface area contributed by atoms with Crippen molar-refractivity contribution >= 4 is 38.4 Å². The van der Waals surface area contributed by atoms with Crippen molar-refractivity contribution in [3.63, 3.8) is 0 Å². The van der Waals surface area contributed by atoms with Crippen molar-refractivity contribution in [1.82, 2.24) is 9.78 Å². The van der Waals surface area contributed by atoms with Crippen LogP contribution in [0, 0.1) is 5.95 Å². The van der Waals surface area contributed by atoms with Gasteiger partial charge in [0.2, 0.25) is 5.95 Å². The van der Waals surface area contributed by atoms with Gasteiger partial charge in [0.25, 0.3) is 0 Å². The quantitative estimate of drug-likeness (QED) is 0.714. The molecule has 0 bridgehead atoms. The average molecular weight is 263 g/mol. The van der Waals surface area contributed by atoms with Crippen LogP contribution in [0.5, 0.6) is 0 Å². The highest BCUT2D eigenvalue weighted by molar-refractivity contribution is 9.10. The number of hydrogen-bond donors (Lipinski definition) is 0. The molecule has 0 aliphatic heterocycles. The lowest BCUT2D eigenvalue weighted by molar-refractivity contribution is 0.512. The second-order valence-electron chi connectivity index (χ2n) is 2.67. The number of aryl methyl sites for hydroxylation is 1. The van der Waals surface area contributed by atoms with E-state index in [1.807, 2.05) is 0 Å². The van der Waals surface area contributed by atoms with E-state index in [1.54, 1.807) is 19.2 Å². The molecule has 0 fully saturated rings. The molecule has 0 N–H and O–H groups in total. The first-order valence-electron chi connectivity index (χ1n) is 3.57. The van der Waals surface area contributed by atoms with Gasteiger partial charge in [-0.15, -0.1) is 0 Å². The summed E-state index contributed by atoms with van der Waals surface area (Å²) in [5.41, 5.74) is 0.563. The van der Waals surface area contributed by atoms with Crippen LogP contribution in [-0.4, -0.2) is 9.78 Å². The average Bonchev–Trinajstić information content (AvgIpc) is 2.37. The van der Waals surface area contributed by atoms with Crippen molar-refractivity contribution < 1.29 is 4.39 Å². The predicted octanol–water partition coefficient (Wildman–Crippen LogP) is 3.13. The first-order chi connectivity index (χ1) is 6.11. The van der Waals surface area contributed by atoms with Crippen LogP contribution < -0.4 is 0 Å². The van der Waals surface area contributed by atoms with Gasteiger partial charge in [-0.3, -0.25) is 0 Å². The van der Waals surface area contributed by atoms with Gasteiger partial charge < -0.3 is 0 Å². The fraction of sp³-hybridized carbons (Fsp3) is 0.125. The minimum atomic E-state index is -0.415. The minimum Gasteiger partial charge on any atom is -0.242 e. The van der Waals surface area contributed by atoms with E-state index < -0.39 is 5.95 Å². The van der Waals surface area contributed by atoms with Gasteiger partial charge in [-0.25, -0.2) is 4.68 Å². The fourth-order valence-electron chi connectivity index (χ4n) is 1.19. The second kappa shape index (κ2) is 2.96. The van der Waals surface area contributed by atoms with Crippen LogP contribution >= 0.6 is 27.5 Å². The molecule has 0 radical (unpaired) electrons. The molecule has 0 amide bonds. The Bertz CT molecular complexity index is 480. The van der Waals surface area contributed by atoms with E-state index in [4.69, 9.17) is 11.6 Å². The summed E-state index contributed by atoms with van der Waals surface area (Å²) >= 11 is 9.13. The van der Waals surface area contributed by atoms with Crippen molar-refractivity contribution in [1.29, 1.82) is 0 Å². The molecule has 0 saturated heterocycles. The fourth-order valence-corrected chi connectivity index (χ4v) is 1.76. The monoisotopic (exact) mass is 262 g/mol. The van der Waals surface area contributed by atoms with E-state index in [9.17, 15) is 4.39 Å². The molecule has 1 aromatic heterocycles. The number of rotatable bonds is 0. The molecule has 1 aromatic carbocycles. The Kier molecular flexibility index (Phi) is 2.04. The zero-order chi connectivity index (χ0) is 9.59. The Morgan fingerprint density at radius 1 is 1.54 bits per heavy atom. The number of fused-ring (bicyclic) bond motifs is 1. The molecular formula is C8H5BrClFN2. The molecule has 0 atom stereocenters. The molecule has 0 spiro atoms. The first kappa shape index (κ1) is 8.97. The molecule has 2 nitrogen and oxygen atoms in total. The van der Waals surface area contributed by atoms with Crippen LogP contribution in [0.25, 0.3) is 10.9 Å². The largest absolute Gasteiger partial charge is 0.242 e. The van der Waals surface area contributed by atoms with E-state index in [0.717, 1.165) is 0 Å². The van der Waals surface area contributed by atoms with E-state index in [2.05, 4.69) is 21.0 Å². The molecule has 0 saturated carbocycles. The molecule has 0 unspecified atom stereocenters. The number of halogens is 3. The third-order valence-corrected chi connectivity index (χ3v) is 3.10. The highest BCUT2D eigenvalue weighted by atomic mass is 79.9. The standard InChI is InChI=1S/C8H5BrClFN2/c1-13-8(11)6-5(12-13)3-2-4(9)7(6)10/h2-3H,1H3. The van der Waals surface area contributed by atoms with Gasteiger partial charge in [0.1, 0.15) is 0 Å². The zero-order valence-electron chi connectivity index (χ0n) is 6.68. The minimum absolute atomic E-state index is 0.360. The number of benzene rings is 1. The van der Waals surface area contributed by atoms with Gasteiger partial charge in [0, 0.05) is 11.5 Å². The van der Waals surface area contributed by atoms with Gasteiger partial charge in [-0.05, 0) is 28.1 Å². The number of aromatic nitrogens is 2. The molecule has 2 rings (SSSR count). The normalized spacial score (nSPS) is 11.1. The van der Waals surface area contributed by atoms with Crippen molar-refractivity contribution in [2.75, 3.05) is 0 Å². The number of hydrogen-bond acceptors (Lipinski definition) is 1. The Morgan fingerprint density at radius 3 is 2.92 bits per heavy atom. The van der Waals surface area contributed by atoms with Crippen molar-refractivity contribution in [2.24, 2.45) is 7.05 Å². The summed E-state index contributed by atoms with van der Waals surface area (Å²) in [5, 5.41) is 4.67. The Labute approximate surface area is 87.4 Å². The highest BCUT2D eigenvalue weighted by Gasteiger charge is 2.13. The summed E-state index contributed by atoms with van der Waals surface area (Å²) in [6.07, 6.45) is 0. The van der Waals surface area contributed by atoms with Gasteiger partial charge in [0.05, 0.1) is 15.9 Å². The van der Waals surface area contributed by atoms with Crippen LogP contribution in [0.2, 0.25) is 5.02 Å². The Balaban J connectivity index is 2.97. The molecule has 68 valence electrons. The van der Waals surface area contributed by atoms with E-state index in [0.29, 0.717) is 20.4 Å². The second-order valence-corrected chi connectivity index (χ2v) is 3.90. The highest BCUT2D eigenvalue weighted by Crippen LogP contribution is 2.31. The molecule has 13 heavy (non-hydrogen) atoms. The van der Waals surface area contributed by atoms with Crippen LogP contribution in [-0.2, 0) is 7.05 Å². The molecule has 0 aliphatic rings.